The Hall–Kier alpha value is -1.51. The van der Waals surface area contributed by atoms with Crippen LogP contribution < -0.4 is 10.1 Å². The van der Waals surface area contributed by atoms with E-state index in [0.717, 1.165) is 29.2 Å². The van der Waals surface area contributed by atoms with Crippen molar-refractivity contribution in [2.45, 2.75) is 71.4 Å². The number of benzene rings is 1. The summed E-state index contributed by atoms with van der Waals surface area (Å²) >= 11 is 0. The van der Waals surface area contributed by atoms with Gasteiger partial charge in [0.25, 0.3) is 5.91 Å². The summed E-state index contributed by atoms with van der Waals surface area (Å²) in [5.41, 5.74) is 2.32. The molecule has 2 aliphatic rings. The Labute approximate surface area is 139 Å². The van der Waals surface area contributed by atoms with E-state index in [1.54, 1.807) is 0 Å². The predicted octanol–water partition coefficient (Wildman–Crippen LogP) is 4.19. The molecule has 0 radical (unpaired) electrons. The second-order valence-electron chi connectivity index (χ2n) is 7.75. The van der Waals surface area contributed by atoms with Crippen LogP contribution in [0.5, 0.6) is 5.75 Å². The van der Waals surface area contributed by atoms with Gasteiger partial charge in [0.1, 0.15) is 5.75 Å². The Morgan fingerprint density at radius 3 is 2.61 bits per heavy atom. The van der Waals surface area contributed by atoms with Gasteiger partial charge in [-0.3, -0.25) is 4.79 Å². The lowest BCUT2D eigenvalue weighted by Crippen LogP contribution is -2.44. The highest BCUT2D eigenvalue weighted by Crippen LogP contribution is 2.44. The lowest BCUT2D eigenvalue weighted by atomic mass is 9.95. The lowest BCUT2D eigenvalue weighted by Gasteiger charge is -2.25. The van der Waals surface area contributed by atoms with Crippen LogP contribution in [0.4, 0.5) is 0 Å². The van der Waals surface area contributed by atoms with Gasteiger partial charge >= 0.3 is 0 Å². The van der Waals surface area contributed by atoms with Crippen molar-refractivity contribution in [2.75, 3.05) is 0 Å². The van der Waals surface area contributed by atoms with Gasteiger partial charge in [-0.05, 0) is 68.1 Å². The molecule has 0 aliphatic heterocycles. The molecule has 1 aromatic carbocycles. The SMILES string of the molecule is Cc1ccc(C(C)C)c(O[C@@H](C)C(=O)N[C@@H]2C[C@@H]3CC[C@@H]2C3)c1. The Bertz CT molecular complexity index is 581. The van der Waals surface area contributed by atoms with Crippen LogP contribution in [0.15, 0.2) is 18.2 Å². The number of ether oxygens (including phenoxy) is 1. The van der Waals surface area contributed by atoms with Gasteiger partial charge in [-0.1, -0.05) is 32.4 Å². The van der Waals surface area contributed by atoms with Gasteiger partial charge in [0, 0.05) is 6.04 Å². The summed E-state index contributed by atoms with van der Waals surface area (Å²) in [6.07, 6.45) is 4.64. The maximum atomic E-state index is 12.5. The van der Waals surface area contributed by atoms with Crippen molar-refractivity contribution >= 4 is 5.91 Å². The van der Waals surface area contributed by atoms with Gasteiger partial charge in [-0.25, -0.2) is 0 Å². The molecule has 2 aliphatic carbocycles. The molecular formula is C20H29NO2. The molecule has 1 amide bonds. The molecule has 1 N–H and O–H groups in total. The van der Waals surface area contributed by atoms with Crippen LogP contribution in [-0.2, 0) is 4.79 Å². The fraction of sp³-hybridized carbons (Fsp3) is 0.650. The number of nitrogens with one attached hydrogen (secondary N) is 1. The summed E-state index contributed by atoms with van der Waals surface area (Å²) in [6.45, 7) is 8.21. The molecule has 4 atom stereocenters. The molecule has 0 heterocycles. The van der Waals surface area contributed by atoms with Crippen LogP contribution in [0.25, 0.3) is 0 Å². The van der Waals surface area contributed by atoms with Crippen molar-refractivity contribution < 1.29 is 9.53 Å². The summed E-state index contributed by atoms with van der Waals surface area (Å²) in [4.78, 5) is 12.5. The first-order valence-corrected chi connectivity index (χ1v) is 9.01. The molecule has 0 spiro atoms. The normalized spacial score (nSPS) is 27.3. The fourth-order valence-corrected chi connectivity index (χ4v) is 4.19. The maximum Gasteiger partial charge on any atom is 0.261 e. The molecular weight excluding hydrogens is 286 g/mol. The average molecular weight is 315 g/mol. The van der Waals surface area contributed by atoms with E-state index in [2.05, 4.69) is 38.2 Å². The van der Waals surface area contributed by atoms with Crippen molar-refractivity contribution in [3.63, 3.8) is 0 Å². The van der Waals surface area contributed by atoms with Crippen molar-refractivity contribution in [3.05, 3.63) is 29.3 Å². The Morgan fingerprint density at radius 1 is 1.22 bits per heavy atom. The minimum Gasteiger partial charge on any atom is -0.481 e. The number of rotatable bonds is 5. The van der Waals surface area contributed by atoms with E-state index >= 15 is 0 Å². The molecule has 0 unspecified atom stereocenters. The molecule has 23 heavy (non-hydrogen) atoms. The Balaban J connectivity index is 1.63. The lowest BCUT2D eigenvalue weighted by molar-refractivity contribution is -0.128. The van der Waals surface area contributed by atoms with Crippen LogP contribution in [-0.4, -0.2) is 18.1 Å². The second kappa shape index (κ2) is 6.54. The molecule has 126 valence electrons. The fourth-order valence-electron chi connectivity index (χ4n) is 4.19. The van der Waals surface area contributed by atoms with Gasteiger partial charge in [-0.15, -0.1) is 0 Å². The molecule has 3 heteroatoms. The number of hydrogen-bond donors (Lipinski definition) is 1. The van der Waals surface area contributed by atoms with E-state index in [9.17, 15) is 4.79 Å². The number of hydrogen-bond acceptors (Lipinski definition) is 2. The number of aryl methyl sites for hydroxylation is 1. The second-order valence-corrected chi connectivity index (χ2v) is 7.75. The van der Waals surface area contributed by atoms with Gasteiger partial charge in [-0.2, -0.15) is 0 Å². The summed E-state index contributed by atoms with van der Waals surface area (Å²) in [7, 11) is 0. The van der Waals surface area contributed by atoms with E-state index < -0.39 is 6.10 Å². The highest BCUT2D eigenvalue weighted by atomic mass is 16.5. The highest BCUT2D eigenvalue weighted by molar-refractivity contribution is 5.81. The van der Waals surface area contributed by atoms with Gasteiger partial charge < -0.3 is 10.1 Å². The Kier molecular flexibility index (Phi) is 4.65. The topological polar surface area (TPSA) is 38.3 Å². The minimum atomic E-state index is -0.451. The zero-order chi connectivity index (χ0) is 16.6. The zero-order valence-corrected chi connectivity index (χ0v) is 14.8. The van der Waals surface area contributed by atoms with Crippen LogP contribution >= 0.6 is 0 Å². The molecule has 3 rings (SSSR count). The first-order chi connectivity index (χ1) is 10.9. The summed E-state index contributed by atoms with van der Waals surface area (Å²) < 4.78 is 6.03. The van der Waals surface area contributed by atoms with Crippen LogP contribution in [0.1, 0.15) is 63.5 Å². The summed E-state index contributed by atoms with van der Waals surface area (Å²) in [5, 5.41) is 3.23. The molecule has 3 nitrogen and oxygen atoms in total. The van der Waals surface area contributed by atoms with Gasteiger partial charge in [0.2, 0.25) is 0 Å². The third-order valence-electron chi connectivity index (χ3n) is 5.53. The monoisotopic (exact) mass is 315 g/mol. The third kappa shape index (κ3) is 3.54. The predicted molar refractivity (Wildman–Crippen MR) is 92.7 cm³/mol. The molecule has 0 aromatic heterocycles. The summed E-state index contributed by atoms with van der Waals surface area (Å²) in [6, 6.07) is 6.61. The van der Waals surface area contributed by atoms with E-state index in [-0.39, 0.29) is 5.91 Å². The van der Waals surface area contributed by atoms with E-state index in [1.165, 1.54) is 19.3 Å². The van der Waals surface area contributed by atoms with Gasteiger partial charge in [0.05, 0.1) is 0 Å². The van der Waals surface area contributed by atoms with E-state index in [1.807, 2.05) is 13.0 Å². The van der Waals surface area contributed by atoms with Crippen molar-refractivity contribution in [1.82, 2.24) is 5.32 Å². The highest BCUT2D eigenvalue weighted by Gasteiger charge is 2.40. The molecule has 2 saturated carbocycles. The first kappa shape index (κ1) is 16.4. The first-order valence-electron chi connectivity index (χ1n) is 9.01. The average Bonchev–Trinajstić information content (AvgIpc) is 3.09. The van der Waals surface area contributed by atoms with Crippen molar-refractivity contribution in [2.24, 2.45) is 11.8 Å². The number of fused-ring (bicyclic) bond motifs is 2. The number of amides is 1. The minimum absolute atomic E-state index is 0.0266. The smallest absolute Gasteiger partial charge is 0.261 e. The molecule has 2 fully saturated rings. The van der Waals surface area contributed by atoms with Crippen LogP contribution in [0.2, 0.25) is 0 Å². The Morgan fingerprint density at radius 2 is 2.00 bits per heavy atom. The molecule has 0 saturated heterocycles. The standard InChI is InChI=1S/C20H29NO2/c1-12(2)17-8-5-13(3)9-19(17)23-14(4)20(22)21-18-11-15-6-7-16(18)10-15/h5,8-9,12,14-16,18H,6-7,10-11H2,1-4H3,(H,21,22)/t14-,15+,16+,18+/m0/s1. The maximum absolute atomic E-state index is 12.5. The third-order valence-corrected chi connectivity index (χ3v) is 5.53. The number of carbonyl (C=O) groups is 1. The van der Waals surface area contributed by atoms with Crippen molar-refractivity contribution in [1.29, 1.82) is 0 Å². The zero-order valence-electron chi connectivity index (χ0n) is 14.8. The van der Waals surface area contributed by atoms with E-state index in [0.29, 0.717) is 17.9 Å². The van der Waals surface area contributed by atoms with Crippen LogP contribution in [0.3, 0.4) is 0 Å². The summed E-state index contributed by atoms with van der Waals surface area (Å²) in [5.74, 6) is 2.79. The van der Waals surface area contributed by atoms with Crippen molar-refractivity contribution in [3.8, 4) is 5.75 Å². The molecule has 2 bridgehead atoms. The largest absolute Gasteiger partial charge is 0.481 e. The van der Waals surface area contributed by atoms with Crippen LogP contribution in [0, 0.1) is 18.8 Å². The number of carbonyl (C=O) groups excluding carboxylic acids is 1. The van der Waals surface area contributed by atoms with Gasteiger partial charge in [0.15, 0.2) is 6.10 Å². The quantitative estimate of drug-likeness (QED) is 0.885. The molecule has 1 aromatic rings. The van der Waals surface area contributed by atoms with E-state index in [4.69, 9.17) is 4.74 Å².